The average molecular weight is 338 g/mol. The molecule has 2 heterocycles. The molecule has 1 fully saturated rings. The van der Waals surface area contributed by atoms with Crippen LogP contribution in [0.25, 0.3) is 0 Å². The molecule has 5 nitrogen and oxygen atoms in total. The number of carbonyl (C=O) groups is 1. The van der Waals surface area contributed by atoms with E-state index in [4.69, 9.17) is 0 Å². The maximum absolute atomic E-state index is 12.8. The molecule has 1 amide bonds. The van der Waals surface area contributed by atoms with Gasteiger partial charge in [0.05, 0.1) is 0 Å². The number of benzene rings is 1. The van der Waals surface area contributed by atoms with E-state index in [9.17, 15) is 4.79 Å². The largest absolute Gasteiger partial charge is 0.368 e. The van der Waals surface area contributed by atoms with Gasteiger partial charge in [-0.15, -0.1) is 0 Å². The molecule has 0 saturated carbocycles. The van der Waals surface area contributed by atoms with E-state index in [1.165, 1.54) is 11.3 Å². The van der Waals surface area contributed by atoms with Gasteiger partial charge in [-0.2, -0.15) is 0 Å². The summed E-state index contributed by atoms with van der Waals surface area (Å²) in [5, 5.41) is 3.25. The maximum Gasteiger partial charge on any atom is 0.272 e. The quantitative estimate of drug-likeness (QED) is 0.930. The Labute approximate surface area is 149 Å². The molecule has 0 atom stereocenters. The minimum Gasteiger partial charge on any atom is -0.368 e. The molecule has 0 bridgehead atoms. The number of aromatic nitrogens is 1. The molecule has 3 rings (SSSR count). The molecule has 1 aromatic carbocycles. The second kappa shape index (κ2) is 7.55. The number of hydrogen-bond acceptors (Lipinski definition) is 4. The summed E-state index contributed by atoms with van der Waals surface area (Å²) in [6.07, 6.45) is 0. The Morgan fingerprint density at radius 1 is 1.08 bits per heavy atom. The van der Waals surface area contributed by atoms with E-state index in [-0.39, 0.29) is 11.9 Å². The Kier molecular flexibility index (Phi) is 5.22. The minimum atomic E-state index is 0.0105. The molecule has 5 heteroatoms. The second-order valence-corrected chi connectivity index (χ2v) is 6.83. The fourth-order valence-electron chi connectivity index (χ4n) is 3.08. The number of nitrogens with zero attached hydrogens (tertiary/aromatic N) is 3. The van der Waals surface area contributed by atoms with Gasteiger partial charge in [0.1, 0.15) is 11.5 Å². The van der Waals surface area contributed by atoms with Crippen LogP contribution in [0.2, 0.25) is 0 Å². The van der Waals surface area contributed by atoms with E-state index in [0.29, 0.717) is 5.69 Å². The summed E-state index contributed by atoms with van der Waals surface area (Å²) in [5.74, 6) is 0.760. The van der Waals surface area contributed by atoms with Gasteiger partial charge in [0.2, 0.25) is 0 Å². The third-order valence-electron chi connectivity index (χ3n) is 4.34. The molecule has 132 valence electrons. The van der Waals surface area contributed by atoms with Crippen molar-refractivity contribution < 1.29 is 4.79 Å². The predicted octanol–water partition coefficient (Wildman–Crippen LogP) is 3.17. The van der Waals surface area contributed by atoms with Crippen molar-refractivity contribution in [3.05, 3.63) is 53.7 Å². The fraction of sp³-hybridized carbons (Fsp3) is 0.400. The van der Waals surface area contributed by atoms with Crippen LogP contribution in [-0.4, -0.2) is 48.0 Å². The normalized spacial score (nSPS) is 14.7. The number of nitrogens with one attached hydrogen (secondary N) is 1. The predicted molar refractivity (Wildman–Crippen MR) is 102 cm³/mol. The van der Waals surface area contributed by atoms with Crippen LogP contribution in [-0.2, 0) is 0 Å². The number of pyridine rings is 1. The van der Waals surface area contributed by atoms with Crippen molar-refractivity contribution in [3.63, 3.8) is 0 Å². The van der Waals surface area contributed by atoms with Gasteiger partial charge in [-0.1, -0.05) is 18.2 Å². The molecule has 2 aromatic rings. The highest BCUT2D eigenvalue weighted by molar-refractivity contribution is 5.92. The standard InChI is InChI=1S/C20H26N4O/c1-15(2)21-19-9-5-8-18(22-19)20(25)24-12-10-23(11-13-24)17-7-4-6-16(3)14-17/h4-9,14-15H,10-13H2,1-3H3,(H,21,22). The third kappa shape index (κ3) is 4.29. The van der Waals surface area contributed by atoms with Gasteiger partial charge < -0.3 is 15.1 Å². The molecule has 1 aliphatic rings. The van der Waals surface area contributed by atoms with Crippen LogP contribution in [0.15, 0.2) is 42.5 Å². The summed E-state index contributed by atoms with van der Waals surface area (Å²) in [6.45, 7) is 9.35. The van der Waals surface area contributed by atoms with Gasteiger partial charge in [0.15, 0.2) is 0 Å². The second-order valence-electron chi connectivity index (χ2n) is 6.83. The molecule has 1 aromatic heterocycles. The number of amides is 1. The summed E-state index contributed by atoms with van der Waals surface area (Å²) >= 11 is 0. The Hall–Kier alpha value is -2.56. The van der Waals surface area contributed by atoms with Gasteiger partial charge in [-0.05, 0) is 50.6 Å². The number of piperazine rings is 1. The lowest BCUT2D eigenvalue weighted by atomic mass is 10.2. The molecule has 1 saturated heterocycles. The topological polar surface area (TPSA) is 48.5 Å². The van der Waals surface area contributed by atoms with E-state index in [1.54, 1.807) is 6.07 Å². The lowest BCUT2D eigenvalue weighted by Gasteiger charge is -2.36. The van der Waals surface area contributed by atoms with Gasteiger partial charge in [-0.25, -0.2) is 4.98 Å². The van der Waals surface area contributed by atoms with Crippen LogP contribution in [0.1, 0.15) is 29.9 Å². The van der Waals surface area contributed by atoms with Crippen molar-refractivity contribution in [3.8, 4) is 0 Å². The van der Waals surface area contributed by atoms with Crippen molar-refractivity contribution in [2.45, 2.75) is 26.8 Å². The smallest absolute Gasteiger partial charge is 0.272 e. The van der Waals surface area contributed by atoms with Gasteiger partial charge >= 0.3 is 0 Å². The van der Waals surface area contributed by atoms with Crippen molar-refractivity contribution in [1.82, 2.24) is 9.88 Å². The van der Waals surface area contributed by atoms with E-state index in [0.717, 1.165) is 32.0 Å². The molecule has 0 radical (unpaired) electrons. The first kappa shape index (κ1) is 17.3. The highest BCUT2D eigenvalue weighted by Gasteiger charge is 2.23. The molecule has 1 aliphatic heterocycles. The first-order chi connectivity index (χ1) is 12.0. The molecule has 0 unspecified atom stereocenters. The Morgan fingerprint density at radius 2 is 1.80 bits per heavy atom. The molecule has 25 heavy (non-hydrogen) atoms. The summed E-state index contributed by atoms with van der Waals surface area (Å²) in [6, 6.07) is 14.4. The number of carbonyl (C=O) groups excluding carboxylic acids is 1. The lowest BCUT2D eigenvalue weighted by Crippen LogP contribution is -2.49. The number of aryl methyl sites for hydroxylation is 1. The minimum absolute atomic E-state index is 0.0105. The first-order valence-corrected chi connectivity index (χ1v) is 8.87. The van der Waals surface area contributed by atoms with E-state index < -0.39 is 0 Å². The molecule has 0 aliphatic carbocycles. The van der Waals surface area contributed by atoms with Crippen LogP contribution >= 0.6 is 0 Å². The number of rotatable bonds is 4. The summed E-state index contributed by atoms with van der Waals surface area (Å²) in [4.78, 5) is 21.4. The van der Waals surface area contributed by atoms with Gasteiger partial charge in [-0.3, -0.25) is 4.79 Å². The van der Waals surface area contributed by atoms with Crippen molar-refractivity contribution in [2.24, 2.45) is 0 Å². The number of hydrogen-bond donors (Lipinski definition) is 1. The van der Waals surface area contributed by atoms with Crippen molar-refractivity contribution in [1.29, 1.82) is 0 Å². The zero-order valence-electron chi connectivity index (χ0n) is 15.2. The van der Waals surface area contributed by atoms with E-state index in [2.05, 4.69) is 60.2 Å². The summed E-state index contributed by atoms with van der Waals surface area (Å²) in [7, 11) is 0. The van der Waals surface area contributed by atoms with Crippen molar-refractivity contribution in [2.75, 3.05) is 36.4 Å². The lowest BCUT2D eigenvalue weighted by molar-refractivity contribution is 0.0741. The van der Waals surface area contributed by atoms with Gasteiger partial charge in [0.25, 0.3) is 5.91 Å². The van der Waals surface area contributed by atoms with Crippen LogP contribution in [0, 0.1) is 6.92 Å². The summed E-state index contributed by atoms with van der Waals surface area (Å²) < 4.78 is 0. The fourth-order valence-corrected chi connectivity index (χ4v) is 3.08. The third-order valence-corrected chi connectivity index (χ3v) is 4.34. The maximum atomic E-state index is 12.8. The average Bonchev–Trinajstić information content (AvgIpc) is 2.61. The first-order valence-electron chi connectivity index (χ1n) is 8.87. The zero-order valence-corrected chi connectivity index (χ0v) is 15.2. The molecule has 1 N–H and O–H groups in total. The Morgan fingerprint density at radius 3 is 2.48 bits per heavy atom. The van der Waals surface area contributed by atoms with Crippen LogP contribution in [0.5, 0.6) is 0 Å². The van der Waals surface area contributed by atoms with Crippen LogP contribution < -0.4 is 10.2 Å². The highest BCUT2D eigenvalue weighted by atomic mass is 16.2. The number of anilines is 2. The molecule has 0 spiro atoms. The molecular formula is C20H26N4O. The SMILES string of the molecule is Cc1cccc(N2CCN(C(=O)c3cccc(NC(C)C)n3)CC2)c1. The zero-order chi connectivity index (χ0) is 17.8. The monoisotopic (exact) mass is 338 g/mol. The summed E-state index contributed by atoms with van der Waals surface area (Å²) in [5.41, 5.74) is 3.00. The Balaban J connectivity index is 1.63. The van der Waals surface area contributed by atoms with Gasteiger partial charge in [0, 0.05) is 37.9 Å². The van der Waals surface area contributed by atoms with Crippen LogP contribution in [0.3, 0.4) is 0 Å². The van der Waals surface area contributed by atoms with Crippen molar-refractivity contribution >= 4 is 17.4 Å². The van der Waals surface area contributed by atoms with E-state index >= 15 is 0 Å². The van der Waals surface area contributed by atoms with E-state index in [1.807, 2.05) is 17.0 Å². The Bertz CT molecular complexity index is 736. The van der Waals surface area contributed by atoms with Crippen LogP contribution in [0.4, 0.5) is 11.5 Å². The highest BCUT2D eigenvalue weighted by Crippen LogP contribution is 2.18. The molecular weight excluding hydrogens is 312 g/mol.